The van der Waals surface area contributed by atoms with Crippen molar-refractivity contribution in [2.24, 2.45) is 5.73 Å². The Labute approximate surface area is 214 Å². The van der Waals surface area contributed by atoms with Gasteiger partial charge < -0.3 is 15.8 Å². The number of hydrogen-bond donors (Lipinski definition) is 4. The standard InChI is InChI=1S/C27H28F2N4O4/c1-27(30,26(28)29)23(25(35)32-36)31-24(34)22-12-10-20(11-13-22)5-3-2-4-19-6-8-21(9-7-19)18-33-14-16-37-17-15-33/h6-13,23,26,36H,14-18,30H2,1H3,(H,31,34)(H,32,35). The van der Waals surface area contributed by atoms with Gasteiger partial charge in [-0.15, -0.1) is 0 Å². The SMILES string of the molecule is CC(N)(C(F)F)C(NC(=O)c1ccc(C#CC#Cc2ccc(CN3CCOCC3)cc2)cc1)C(=O)NO. The van der Waals surface area contributed by atoms with E-state index in [1.54, 1.807) is 12.1 Å². The van der Waals surface area contributed by atoms with E-state index in [-0.39, 0.29) is 5.56 Å². The summed E-state index contributed by atoms with van der Waals surface area (Å²) in [6, 6.07) is 12.1. The summed E-state index contributed by atoms with van der Waals surface area (Å²) in [6.45, 7) is 5.15. The van der Waals surface area contributed by atoms with Gasteiger partial charge in [-0.1, -0.05) is 24.0 Å². The van der Waals surface area contributed by atoms with Gasteiger partial charge in [0.05, 0.1) is 13.2 Å². The summed E-state index contributed by atoms with van der Waals surface area (Å²) in [5, 5.41) is 11.0. The Balaban J connectivity index is 1.58. The van der Waals surface area contributed by atoms with Crippen LogP contribution < -0.4 is 16.5 Å². The van der Waals surface area contributed by atoms with Crippen molar-refractivity contribution in [2.75, 3.05) is 26.3 Å². The molecule has 0 saturated carbocycles. The first-order chi connectivity index (χ1) is 17.7. The second kappa shape index (κ2) is 12.9. The number of morpholine rings is 1. The third-order valence-corrected chi connectivity index (χ3v) is 5.83. The zero-order chi connectivity index (χ0) is 26.8. The summed E-state index contributed by atoms with van der Waals surface area (Å²) in [7, 11) is 0. The summed E-state index contributed by atoms with van der Waals surface area (Å²) in [4.78, 5) is 26.6. The van der Waals surface area contributed by atoms with Crippen molar-refractivity contribution in [1.29, 1.82) is 0 Å². The molecule has 0 aromatic heterocycles. The fraction of sp³-hybridized carbons (Fsp3) is 0.333. The van der Waals surface area contributed by atoms with E-state index in [4.69, 9.17) is 15.7 Å². The van der Waals surface area contributed by atoms with Crippen LogP contribution in [0.3, 0.4) is 0 Å². The molecule has 1 aliphatic rings. The lowest BCUT2D eigenvalue weighted by molar-refractivity contribution is -0.134. The van der Waals surface area contributed by atoms with E-state index in [2.05, 4.69) is 33.9 Å². The lowest BCUT2D eigenvalue weighted by Gasteiger charge is -2.32. The molecule has 2 unspecified atom stereocenters. The molecule has 0 aliphatic carbocycles. The Morgan fingerprint density at radius 2 is 1.59 bits per heavy atom. The molecule has 3 rings (SSSR count). The maximum absolute atomic E-state index is 13.3. The second-order valence-corrected chi connectivity index (χ2v) is 8.71. The van der Waals surface area contributed by atoms with Crippen LogP contribution in [0.15, 0.2) is 48.5 Å². The molecule has 10 heteroatoms. The van der Waals surface area contributed by atoms with Crippen LogP contribution in [0.25, 0.3) is 0 Å². The van der Waals surface area contributed by atoms with E-state index in [1.165, 1.54) is 23.2 Å². The maximum Gasteiger partial charge on any atom is 0.268 e. The number of nitrogens with two attached hydrogens (primary N) is 1. The number of hydrogen-bond acceptors (Lipinski definition) is 6. The normalized spacial score (nSPS) is 15.8. The summed E-state index contributed by atoms with van der Waals surface area (Å²) in [5.41, 5.74) is 7.06. The molecule has 0 radical (unpaired) electrons. The van der Waals surface area contributed by atoms with Gasteiger partial charge in [0.25, 0.3) is 18.2 Å². The average molecular weight is 511 g/mol. The molecule has 1 fully saturated rings. The van der Waals surface area contributed by atoms with Crippen LogP contribution in [0.1, 0.15) is 34.0 Å². The summed E-state index contributed by atoms with van der Waals surface area (Å²) in [6.07, 6.45) is -3.14. The number of carbonyl (C=O) groups is 2. The first kappa shape index (κ1) is 27.8. The molecule has 2 amide bonds. The molecule has 1 aliphatic heterocycles. The van der Waals surface area contributed by atoms with Crippen LogP contribution in [-0.4, -0.2) is 66.2 Å². The number of alkyl halides is 2. The van der Waals surface area contributed by atoms with E-state index < -0.39 is 29.8 Å². The molecule has 5 N–H and O–H groups in total. The molecule has 2 aromatic rings. The minimum atomic E-state index is -3.14. The number of rotatable bonds is 7. The molecule has 2 aromatic carbocycles. The van der Waals surface area contributed by atoms with Crippen LogP contribution in [-0.2, 0) is 16.1 Å². The predicted octanol–water partition coefficient (Wildman–Crippen LogP) is 1.51. The number of hydroxylamine groups is 1. The zero-order valence-electron chi connectivity index (χ0n) is 20.3. The predicted molar refractivity (Wildman–Crippen MR) is 133 cm³/mol. The Kier molecular flexibility index (Phi) is 9.72. The Morgan fingerprint density at radius 3 is 2.11 bits per heavy atom. The van der Waals surface area contributed by atoms with Crippen molar-refractivity contribution in [3.05, 3.63) is 70.8 Å². The molecule has 1 saturated heterocycles. The number of amides is 2. The molecule has 37 heavy (non-hydrogen) atoms. The van der Waals surface area contributed by atoms with Crippen molar-refractivity contribution in [3.63, 3.8) is 0 Å². The minimum Gasteiger partial charge on any atom is -0.379 e. The van der Waals surface area contributed by atoms with Crippen molar-refractivity contribution in [2.45, 2.75) is 31.5 Å². The van der Waals surface area contributed by atoms with E-state index >= 15 is 0 Å². The van der Waals surface area contributed by atoms with Crippen LogP contribution in [0.5, 0.6) is 0 Å². The van der Waals surface area contributed by atoms with Gasteiger partial charge in [0.1, 0.15) is 11.6 Å². The first-order valence-electron chi connectivity index (χ1n) is 11.5. The molecular weight excluding hydrogens is 482 g/mol. The number of ether oxygens (including phenoxy) is 1. The third-order valence-electron chi connectivity index (χ3n) is 5.83. The van der Waals surface area contributed by atoms with Gasteiger partial charge in [-0.25, -0.2) is 14.3 Å². The van der Waals surface area contributed by atoms with Crippen molar-refractivity contribution in [3.8, 4) is 23.7 Å². The highest BCUT2D eigenvalue weighted by Crippen LogP contribution is 2.18. The Morgan fingerprint density at radius 1 is 1.05 bits per heavy atom. The van der Waals surface area contributed by atoms with Gasteiger partial charge in [-0.05, 0) is 60.7 Å². The van der Waals surface area contributed by atoms with Gasteiger partial charge >= 0.3 is 0 Å². The summed E-state index contributed by atoms with van der Waals surface area (Å²) in [5.74, 6) is 9.31. The minimum absolute atomic E-state index is 0.0922. The number of nitrogens with zero attached hydrogens (tertiary/aromatic N) is 1. The van der Waals surface area contributed by atoms with E-state index in [0.717, 1.165) is 45.3 Å². The third kappa shape index (κ3) is 7.84. The van der Waals surface area contributed by atoms with Gasteiger partial charge in [0, 0.05) is 36.3 Å². The van der Waals surface area contributed by atoms with E-state index in [0.29, 0.717) is 5.56 Å². The summed E-state index contributed by atoms with van der Waals surface area (Å²) < 4.78 is 31.9. The number of carbonyl (C=O) groups excluding carboxylic acids is 2. The molecule has 0 bridgehead atoms. The van der Waals surface area contributed by atoms with Crippen LogP contribution in [0.2, 0.25) is 0 Å². The second-order valence-electron chi connectivity index (χ2n) is 8.71. The van der Waals surface area contributed by atoms with Gasteiger partial charge in [0.15, 0.2) is 0 Å². The van der Waals surface area contributed by atoms with Crippen LogP contribution >= 0.6 is 0 Å². The van der Waals surface area contributed by atoms with Crippen molar-refractivity contribution in [1.82, 2.24) is 15.7 Å². The Bertz CT molecular complexity index is 1200. The molecule has 1 heterocycles. The molecule has 0 spiro atoms. The molecular formula is C27H28F2N4O4. The van der Waals surface area contributed by atoms with Crippen LogP contribution in [0, 0.1) is 23.7 Å². The fourth-order valence-electron chi connectivity index (χ4n) is 3.53. The van der Waals surface area contributed by atoms with Crippen molar-refractivity contribution < 1.29 is 28.3 Å². The number of benzene rings is 2. The van der Waals surface area contributed by atoms with Gasteiger partial charge in [-0.2, -0.15) is 0 Å². The molecule has 8 nitrogen and oxygen atoms in total. The van der Waals surface area contributed by atoms with E-state index in [1.807, 2.05) is 24.3 Å². The largest absolute Gasteiger partial charge is 0.379 e. The summed E-state index contributed by atoms with van der Waals surface area (Å²) >= 11 is 0. The van der Waals surface area contributed by atoms with Gasteiger partial charge in [-0.3, -0.25) is 19.7 Å². The lowest BCUT2D eigenvalue weighted by Crippen LogP contribution is -2.66. The molecule has 194 valence electrons. The number of halogens is 2. The van der Waals surface area contributed by atoms with Crippen LogP contribution in [0.4, 0.5) is 8.78 Å². The topological polar surface area (TPSA) is 117 Å². The van der Waals surface area contributed by atoms with E-state index in [9.17, 15) is 18.4 Å². The van der Waals surface area contributed by atoms with Gasteiger partial charge in [0.2, 0.25) is 0 Å². The lowest BCUT2D eigenvalue weighted by atomic mass is 9.92. The number of nitrogens with one attached hydrogen (secondary N) is 2. The highest BCUT2D eigenvalue weighted by Gasteiger charge is 2.44. The fourth-order valence-corrected chi connectivity index (χ4v) is 3.53. The quantitative estimate of drug-likeness (QED) is 0.255. The first-order valence-corrected chi connectivity index (χ1v) is 11.5. The zero-order valence-corrected chi connectivity index (χ0v) is 20.3. The maximum atomic E-state index is 13.3. The highest BCUT2D eigenvalue weighted by molar-refractivity contribution is 5.98. The Hall–Kier alpha value is -3.80. The smallest absolute Gasteiger partial charge is 0.268 e. The van der Waals surface area contributed by atoms with Crippen molar-refractivity contribution >= 4 is 11.8 Å². The highest BCUT2D eigenvalue weighted by atomic mass is 19.3. The molecule has 2 atom stereocenters. The average Bonchev–Trinajstić information content (AvgIpc) is 2.90. The monoisotopic (exact) mass is 510 g/mol.